The molecule has 0 atom stereocenters. The maximum absolute atomic E-state index is 10.9. The number of esters is 1. The number of furan rings is 1. The van der Waals surface area contributed by atoms with Gasteiger partial charge in [0.25, 0.3) is 0 Å². The molecule has 0 saturated carbocycles. The SMILES string of the molecule is COC(=O)COc1nccc2occc12. The molecule has 0 aliphatic carbocycles. The number of aromatic nitrogens is 1. The third kappa shape index (κ3) is 1.90. The summed E-state index contributed by atoms with van der Waals surface area (Å²) < 4.78 is 14.8. The molecule has 0 amide bonds. The molecule has 0 N–H and O–H groups in total. The standard InChI is InChI=1S/C10H9NO4/c1-13-9(12)6-15-10-7-3-5-14-8(7)2-4-11-10/h2-5H,6H2,1H3. The molecule has 0 aliphatic heterocycles. The van der Waals surface area contributed by atoms with E-state index in [1.165, 1.54) is 13.4 Å². The van der Waals surface area contributed by atoms with Gasteiger partial charge in [0.15, 0.2) is 6.61 Å². The van der Waals surface area contributed by atoms with Crippen LogP contribution in [0.1, 0.15) is 0 Å². The van der Waals surface area contributed by atoms with Crippen LogP contribution < -0.4 is 4.74 Å². The molecule has 0 bridgehead atoms. The fourth-order valence-electron chi connectivity index (χ4n) is 1.17. The first-order valence-electron chi connectivity index (χ1n) is 4.33. The van der Waals surface area contributed by atoms with Crippen molar-refractivity contribution in [3.05, 3.63) is 24.6 Å². The molecular formula is C10H9NO4. The highest BCUT2D eigenvalue weighted by molar-refractivity contribution is 5.82. The van der Waals surface area contributed by atoms with Crippen molar-refractivity contribution in [2.75, 3.05) is 13.7 Å². The van der Waals surface area contributed by atoms with Crippen molar-refractivity contribution in [2.24, 2.45) is 0 Å². The zero-order valence-corrected chi connectivity index (χ0v) is 8.10. The Labute approximate surface area is 85.6 Å². The molecule has 5 nitrogen and oxygen atoms in total. The summed E-state index contributed by atoms with van der Waals surface area (Å²) >= 11 is 0. The van der Waals surface area contributed by atoms with Gasteiger partial charge in [0, 0.05) is 6.20 Å². The highest BCUT2D eigenvalue weighted by Crippen LogP contribution is 2.23. The average Bonchev–Trinajstić information content (AvgIpc) is 2.74. The van der Waals surface area contributed by atoms with Gasteiger partial charge in [-0.1, -0.05) is 0 Å². The molecule has 5 heteroatoms. The molecule has 0 aliphatic rings. The van der Waals surface area contributed by atoms with E-state index >= 15 is 0 Å². The zero-order valence-electron chi connectivity index (χ0n) is 8.10. The van der Waals surface area contributed by atoms with Crippen LogP contribution in [0, 0.1) is 0 Å². The van der Waals surface area contributed by atoms with E-state index in [-0.39, 0.29) is 6.61 Å². The average molecular weight is 207 g/mol. The smallest absolute Gasteiger partial charge is 0.343 e. The first kappa shape index (κ1) is 9.51. The Balaban J connectivity index is 2.20. The van der Waals surface area contributed by atoms with Crippen LogP contribution in [-0.4, -0.2) is 24.7 Å². The summed E-state index contributed by atoms with van der Waals surface area (Å²) in [7, 11) is 1.30. The van der Waals surface area contributed by atoms with Crippen LogP contribution in [-0.2, 0) is 9.53 Å². The Hall–Kier alpha value is -2.04. The van der Waals surface area contributed by atoms with Gasteiger partial charge in [-0.05, 0) is 12.1 Å². The number of ether oxygens (including phenoxy) is 2. The van der Waals surface area contributed by atoms with Crippen molar-refractivity contribution in [3.8, 4) is 5.88 Å². The van der Waals surface area contributed by atoms with Crippen molar-refractivity contribution in [3.63, 3.8) is 0 Å². The maximum atomic E-state index is 10.9. The summed E-state index contributed by atoms with van der Waals surface area (Å²) in [5.74, 6) is -0.0797. The predicted octanol–water partition coefficient (Wildman–Crippen LogP) is 1.38. The van der Waals surface area contributed by atoms with Crippen LogP contribution in [0.2, 0.25) is 0 Å². The van der Waals surface area contributed by atoms with Crippen LogP contribution in [0.4, 0.5) is 0 Å². The minimum atomic E-state index is -0.447. The van der Waals surface area contributed by atoms with Crippen molar-refractivity contribution in [2.45, 2.75) is 0 Å². The number of carbonyl (C=O) groups is 1. The Morgan fingerprint density at radius 2 is 2.40 bits per heavy atom. The lowest BCUT2D eigenvalue weighted by molar-refractivity contribution is -0.142. The van der Waals surface area contributed by atoms with Crippen molar-refractivity contribution in [1.82, 2.24) is 4.98 Å². The molecule has 0 radical (unpaired) electrons. The first-order chi connectivity index (χ1) is 7.31. The first-order valence-corrected chi connectivity index (χ1v) is 4.33. The Morgan fingerprint density at radius 1 is 1.53 bits per heavy atom. The summed E-state index contributed by atoms with van der Waals surface area (Å²) in [6.45, 7) is -0.159. The second kappa shape index (κ2) is 4.00. The fourth-order valence-corrected chi connectivity index (χ4v) is 1.17. The van der Waals surface area contributed by atoms with Gasteiger partial charge in [0.1, 0.15) is 5.58 Å². The third-order valence-electron chi connectivity index (χ3n) is 1.90. The van der Waals surface area contributed by atoms with Crippen LogP contribution in [0.25, 0.3) is 11.0 Å². The molecule has 0 fully saturated rings. The number of hydrogen-bond donors (Lipinski definition) is 0. The highest BCUT2D eigenvalue weighted by Gasteiger charge is 2.08. The van der Waals surface area contributed by atoms with Crippen LogP contribution >= 0.6 is 0 Å². The van der Waals surface area contributed by atoms with E-state index in [0.29, 0.717) is 11.5 Å². The van der Waals surface area contributed by atoms with Gasteiger partial charge >= 0.3 is 5.97 Å². The molecule has 78 valence electrons. The minimum Gasteiger partial charge on any atom is -0.466 e. The Kier molecular flexibility index (Phi) is 2.53. The molecule has 2 aromatic rings. The molecule has 0 spiro atoms. The number of hydrogen-bond acceptors (Lipinski definition) is 5. The lowest BCUT2D eigenvalue weighted by Gasteiger charge is -2.03. The maximum Gasteiger partial charge on any atom is 0.343 e. The second-order valence-corrected chi connectivity index (χ2v) is 2.81. The minimum absolute atomic E-state index is 0.159. The molecule has 0 saturated heterocycles. The van der Waals surface area contributed by atoms with Gasteiger partial charge < -0.3 is 13.9 Å². The highest BCUT2D eigenvalue weighted by atomic mass is 16.6. The molecule has 2 aromatic heterocycles. The van der Waals surface area contributed by atoms with Crippen LogP contribution in [0.15, 0.2) is 29.0 Å². The van der Waals surface area contributed by atoms with Gasteiger partial charge in [0.2, 0.25) is 5.88 Å². The molecular weight excluding hydrogens is 198 g/mol. The topological polar surface area (TPSA) is 61.6 Å². The van der Waals surface area contributed by atoms with Crippen molar-refractivity contribution < 1.29 is 18.7 Å². The second-order valence-electron chi connectivity index (χ2n) is 2.81. The van der Waals surface area contributed by atoms with E-state index in [4.69, 9.17) is 9.15 Å². The normalized spacial score (nSPS) is 10.2. The lowest BCUT2D eigenvalue weighted by Crippen LogP contribution is -2.13. The molecule has 15 heavy (non-hydrogen) atoms. The van der Waals surface area contributed by atoms with E-state index in [0.717, 1.165) is 5.39 Å². The summed E-state index contributed by atoms with van der Waals surface area (Å²) in [5.41, 5.74) is 0.671. The van der Waals surface area contributed by atoms with Gasteiger partial charge in [-0.3, -0.25) is 0 Å². The number of methoxy groups -OCH3 is 1. The van der Waals surface area contributed by atoms with Gasteiger partial charge in [-0.25, -0.2) is 9.78 Å². The lowest BCUT2D eigenvalue weighted by atomic mass is 10.3. The number of carbonyl (C=O) groups excluding carboxylic acids is 1. The Bertz CT molecular complexity index is 477. The van der Waals surface area contributed by atoms with Gasteiger partial charge in [0.05, 0.1) is 18.8 Å². The van der Waals surface area contributed by atoms with E-state index in [9.17, 15) is 4.79 Å². The zero-order chi connectivity index (χ0) is 10.7. The van der Waals surface area contributed by atoms with E-state index in [1.807, 2.05) is 0 Å². The largest absolute Gasteiger partial charge is 0.466 e. The predicted molar refractivity (Wildman–Crippen MR) is 51.5 cm³/mol. The fraction of sp³-hybridized carbons (Fsp3) is 0.200. The molecule has 2 heterocycles. The Morgan fingerprint density at radius 3 is 3.20 bits per heavy atom. The number of nitrogens with zero attached hydrogens (tertiary/aromatic N) is 1. The number of rotatable bonds is 3. The summed E-state index contributed by atoms with van der Waals surface area (Å²) in [4.78, 5) is 14.9. The van der Waals surface area contributed by atoms with Crippen LogP contribution in [0.3, 0.4) is 0 Å². The van der Waals surface area contributed by atoms with Gasteiger partial charge in [-0.2, -0.15) is 0 Å². The number of fused-ring (bicyclic) bond motifs is 1. The summed E-state index contributed by atoms with van der Waals surface area (Å²) in [6.07, 6.45) is 3.09. The summed E-state index contributed by atoms with van der Waals surface area (Å²) in [5, 5.41) is 0.737. The number of pyridine rings is 1. The van der Waals surface area contributed by atoms with E-state index < -0.39 is 5.97 Å². The molecule has 0 unspecified atom stereocenters. The quantitative estimate of drug-likeness (QED) is 0.711. The van der Waals surface area contributed by atoms with E-state index in [2.05, 4.69) is 9.72 Å². The van der Waals surface area contributed by atoms with Gasteiger partial charge in [-0.15, -0.1) is 0 Å². The molecule has 2 rings (SSSR count). The monoisotopic (exact) mass is 207 g/mol. The van der Waals surface area contributed by atoms with E-state index in [1.54, 1.807) is 18.3 Å². The van der Waals surface area contributed by atoms with Crippen LogP contribution in [0.5, 0.6) is 5.88 Å². The van der Waals surface area contributed by atoms with Crippen molar-refractivity contribution in [1.29, 1.82) is 0 Å². The van der Waals surface area contributed by atoms with Crippen molar-refractivity contribution >= 4 is 16.9 Å². The molecule has 0 aromatic carbocycles. The summed E-state index contributed by atoms with van der Waals surface area (Å²) in [6, 6.07) is 3.45. The third-order valence-corrected chi connectivity index (χ3v) is 1.90.